The highest BCUT2D eigenvalue weighted by Crippen LogP contribution is 2.18. The molecule has 21 heavy (non-hydrogen) atoms. The number of amides is 1. The summed E-state index contributed by atoms with van der Waals surface area (Å²) in [6.45, 7) is 2.86. The van der Waals surface area contributed by atoms with E-state index >= 15 is 0 Å². The van der Waals surface area contributed by atoms with Crippen molar-refractivity contribution in [1.82, 2.24) is 10.0 Å². The maximum atomic E-state index is 12.1. The first-order valence-electron chi connectivity index (χ1n) is 7.14. The second kappa shape index (κ2) is 6.91. The van der Waals surface area contributed by atoms with E-state index < -0.39 is 10.0 Å². The molecule has 1 aromatic rings. The van der Waals surface area contributed by atoms with Crippen LogP contribution in [0.2, 0.25) is 0 Å². The van der Waals surface area contributed by atoms with Gasteiger partial charge in [0.2, 0.25) is 15.9 Å². The van der Waals surface area contributed by atoms with Crippen LogP contribution in [0.25, 0.3) is 0 Å². The van der Waals surface area contributed by atoms with E-state index in [-0.39, 0.29) is 23.8 Å². The molecule has 1 amide bonds. The number of nitrogens with one attached hydrogen (secondary N) is 3. The highest BCUT2D eigenvalue weighted by Gasteiger charge is 2.23. The Kier molecular flexibility index (Phi) is 5.19. The second-order valence-corrected chi connectivity index (χ2v) is 6.81. The lowest BCUT2D eigenvalue weighted by Crippen LogP contribution is -2.31. The van der Waals surface area contributed by atoms with E-state index in [1.54, 1.807) is 24.3 Å². The van der Waals surface area contributed by atoms with Gasteiger partial charge in [-0.25, -0.2) is 13.1 Å². The normalized spacial score (nSPS) is 14.7. The Morgan fingerprint density at radius 3 is 2.48 bits per heavy atom. The Morgan fingerprint density at radius 2 is 1.90 bits per heavy atom. The standard InChI is InChI=1S/C14H21N3O3S/c1-2-15-11-5-7-13(8-6-11)21(19,20)16-10-9-14(18)17-12-3-4-12/h5-8,12,15-16H,2-4,9-10H2,1H3,(H,17,18). The van der Waals surface area contributed by atoms with Crippen molar-refractivity contribution in [3.8, 4) is 0 Å². The van der Waals surface area contributed by atoms with Gasteiger partial charge in [0.1, 0.15) is 0 Å². The third-order valence-electron chi connectivity index (χ3n) is 3.13. The van der Waals surface area contributed by atoms with Crippen molar-refractivity contribution in [2.75, 3.05) is 18.4 Å². The number of hydrogen-bond donors (Lipinski definition) is 3. The van der Waals surface area contributed by atoms with Crippen molar-refractivity contribution in [1.29, 1.82) is 0 Å². The average Bonchev–Trinajstić information content (AvgIpc) is 3.23. The van der Waals surface area contributed by atoms with E-state index in [2.05, 4.69) is 15.4 Å². The third kappa shape index (κ3) is 5.02. The number of rotatable bonds is 8. The summed E-state index contributed by atoms with van der Waals surface area (Å²) in [5, 5.41) is 5.92. The van der Waals surface area contributed by atoms with Gasteiger partial charge in [-0.05, 0) is 44.0 Å². The van der Waals surface area contributed by atoms with Gasteiger partial charge < -0.3 is 10.6 Å². The SMILES string of the molecule is CCNc1ccc(S(=O)(=O)NCCC(=O)NC2CC2)cc1. The monoisotopic (exact) mass is 311 g/mol. The first kappa shape index (κ1) is 15.8. The number of carbonyl (C=O) groups is 1. The summed E-state index contributed by atoms with van der Waals surface area (Å²) >= 11 is 0. The van der Waals surface area contributed by atoms with Crippen LogP contribution in [0.3, 0.4) is 0 Å². The molecule has 1 fully saturated rings. The number of sulfonamides is 1. The molecule has 1 aliphatic rings. The topological polar surface area (TPSA) is 87.3 Å². The lowest BCUT2D eigenvalue weighted by molar-refractivity contribution is -0.121. The van der Waals surface area contributed by atoms with Gasteiger partial charge in [-0.1, -0.05) is 0 Å². The molecule has 3 N–H and O–H groups in total. The summed E-state index contributed by atoms with van der Waals surface area (Å²) < 4.78 is 26.6. The molecule has 0 spiro atoms. The van der Waals surface area contributed by atoms with Crippen LogP contribution in [-0.4, -0.2) is 33.5 Å². The third-order valence-corrected chi connectivity index (χ3v) is 4.61. The fourth-order valence-electron chi connectivity index (χ4n) is 1.87. The van der Waals surface area contributed by atoms with Crippen LogP contribution in [0.15, 0.2) is 29.2 Å². The van der Waals surface area contributed by atoms with Gasteiger partial charge >= 0.3 is 0 Å². The van der Waals surface area contributed by atoms with Crippen LogP contribution in [0.5, 0.6) is 0 Å². The molecule has 0 unspecified atom stereocenters. The van der Waals surface area contributed by atoms with Crippen LogP contribution < -0.4 is 15.4 Å². The largest absolute Gasteiger partial charge is 0.385 e. The van der Waals surface area contributed by atoms with Crippen molar-refractivity contribution >= 4 is 21.6 Å². The molecule has 6 nitrogen and oxygen atoms in total. The summed E-state index contributed by atoms with van der Waals surface area (Å²) in [6, 6.07) is 6.83. The molecule has 7 heteroatoms. The van der Waals surface area contributed by atoms with Crippen molar-refractivity contribution in [3.05, 3.63) is 24.3 Å². The first-order chi connectivity index (χ1) is 10.0. The van der Waals surface area contributed by atoms with Crippen LogP contribution in [0.1, 0.15) is 26.2 Å². The number of anilines is 1. The van der Waals surface area contributed by atoms with Gasteiger partial charge in [0.15, 0.2) is 0 Å². The number of benzene rings is 1. The van der Waals surface area contributed by atoms with Crippen molar-refractivity contribution in [3.63, 3.8) is 0 Å². The van der Waals surface area contributed by atoms with E-state index in [9.17, 15) is 13.2 Å². The summed E-state index contributed by atoms with van der Waals surface area (Å²) in [7, 11) is -3.56. The Labute approximate surface area is 125 Å². The fourth-order valence-corrected chi connectivity index (χ4v) is 2.90. The summed E-state index contributed by atoms with van der Waals surface area (Å²) in [6.07, 6.45) is 2.20. The maximum Gasteiger partial charge on any atom is 0.240 e. The molecule has 0 radical (unpaired) electrons. The smallest absolute Gasteiger partial charge is 0.240 e. The Hall–Kier alpha value is -1.60. The van der Waals surface area contributed by atoms with Crippen LogP contribution >= 0.6 is 0 Å². The molecule has 0 saturated heterocycles. The Morgan fingerprint density at radius 1 is 1.24 bits per heavy atom. The minimum Gasteiger partial charge on any atom is -0.385 e. The van der Waals surface area contributed by atoms with Gasteiger partial charge in [-0.15, -0.1) is 0 Å². The number of hydrogen-bond acceptors (Lipinski definition) is 4. The van der Waals surface area contributed by atoms with Crippen molar-refractivity contribution in [2.45, 2.75) is 37.1 Å². The quantitative estimate of drug-likeness (QED) is 0.670. The lowest BCUT2D eigenvalue weighted by Gasteiger charge is -2.08. The zero-order valence-electron chi connectivity index (χ0n) is 12.1. The van der Waals surface area contributed by atoms with Gasteiger partial charge in [-0.2, -0.15) is 0 Å². The van der Waals surface area contributed by atoms with Gasteiger partial charge in [0.25, 0.3) is 0 Å². The highest BCUT2D eigenvalue weighted by molar-refractivity contribution is 7.89. The van der Waals surface area contributed by atoms with Crippen molar-refractivity contribution in [2.24, 2.45) is 0 Å². The van der Waals surface area contributed by atoms with Crippen LogP contribution in [0, 0.1) is 0 Å². The van der Waals surface area contributed by atoms with Gasteiger partial charge in [0, 0.05) is 31.2 Å². The maximum absolute atomic E-state index is 12.1. The molecular weight excluding hydrogens is 290 g/mol. The summed E-state index contributed by atoms with van der Waals surface area (Å²) in [5.74, 6) is -0.109. The summed E-state index contributed by atoms with van der Waals surface area (Å²) in [5.41, 5.74) is 0.875. The Bertz CT molecular complexity index is 580. The summed E-state index contributed by atoms with van der Waals surface area (Å²) in [4.78, 5) is 11.7. The predicted molar refractivity (Wildman–Crippen MR) is 81.6 cm³/mol. The average molecular weight is 311 g/mol. The van der Waals surface area contributed by atoms with Gasteiger partial charge in [0.05, 0.1) is 4.90 Å². The number of carbonyl (C=O) groups excluding carboxylic acids is 1. The zero-order chi connectivity index (χ0) is 15.3. The molecule has 0 atom stereocenters. The molecular formula is C14H21N3O3S. The van der Waals surface area contributed by atoms with Crippen LogP contribution in [-0.2, 0) is 14.8 Å². The molecule has 1 aromatic carbocycles. The molecule has 0 bridgehead atoms. The van der Waals surface area contributed by atoms with E-state index in [0.29, 0.717) is 6.04 Å². The van der Waals surface area contributed by atoms with E-state index in [1.807, 2.05) is 6.92 Å². The van der Waals surface area contributed by atoms with E-state index in [1.165, 1.54) is 0 Å². The molecule has 0 heterocycles. The predicted octanol–water partition coefficient (Wildman–Crippen LogP) is 1.07. The minimum absolute atomic E-state index is 0.107. The molecule has 1 aliphatic carbocycles. The van der Waals surface area contributed by atoms with E-state index in [4.69, 9.17) is 0 Å². The fraction of sp³-hybridized carbons (Fsp3) is 0.500. The molecule has 0 aliphatic heterocycles. The lowest BCUT2D eigenvalue weighted by atomic mass is 10.3. The minimum atomic E-state index is -3.56. The van der Waals surface area contributed by atoms with E-state index in [0.717, 1.165) is 25.1 Å². The molecule has 2 rings (SSSR count). The zero-order valence-corrected chi connectivity index (χ0v) is 12.9. The molecule has 0 aromatic heterocycles. The van der Waals surface area contributed by atoms with Crippen LogP contribution in [0.4, 0.5) is 5.69 Å². The van der Waals surface area contributed by atoms with Crippen molar-refractivity contribution < 1.29 is 13.2 Å². The molecule has 116 valence electrons. The molecule has 1 saturated carbocycles. The first-order valence-corrected chi connectivity index (χ1v) is 8.62. The second-order valence-electron chi connectivity index (χ2n) is 5.04. The highest BCUT2D eigenvalue weighted by atomic mass is 32.2. The van der Waals surface area contributed by atoms with Gasteiger partial charge in [-0.3, -0.25) is 4.79 Å². The Balaban J connectivity index is 1.83.